The van der Waals surface area contributed by atoms with Gasteiger partial charge in [0.2, 0.25) is 0 Å². The molecule has 25 heavy (non-hydrogen) atoms. The van der Waals surface area contributed by atoms with Gasteiger partial charge in [0.1, 0.15) is 5.25 Å². The highest BCUT2D eigenvalue weighted by Gasteiger charge is 2.30. The zero-order chi connectivity index (χ0) is 17.2. The van der Waals surface area contributed by atoms with E-state index in [1.54, 1.807) is 4.90 Å². The zero-order valence-electron chi connectivity index (χ0n) is 13.8. The van der Waals surface area contributed by atoms with Crippen LogP contribution in [-0.2, 0) is 27.2 Å². The minimum absolute atomic E-state index is 0.152. The van der Waals surface area contributed by atoms with E-state index in [1.165, 1.54) is 22.9 Å². The Balaban J connectivity index is 1.36. The highest BCUT2D eigenvalue weighted by atomic mass is 32.2. The van der Waals surface area contributed by atoms with Gasteiger partial charge in [0, 0.05) is 17.1 Å². The van der Waals surface area contributed by atoms with Gasteiger partial charge in [-0.25, -0.2) is 0 Å². The molecule has 4 nitrogen and oxygen atoms in total. The van der Waals surface area contributed by atoms with Crippen LogP contribution in [0.15, 0.2) is 53.4 Å². The van der Waals surface area contributed by atoms with Gasteiger partial charge in [0.15, 0.2) is 6.61 Å². The smallest absolute Gasteiger partial charge is 0.320 e. The second-order valence-corrected chi connectivity index (χ2v) is 7.55. The van der Waals surface area contributed by atoms with Crippen LogP contribution in [0.2, 0.25) is 0 Å². The molecule has 4 rings (SSSR count). The number of hydrogen-bond donors (Lipinski definition) is 0. The third kappa shape index (κ3) is 3.29. The summed E-state index contributed by atoms with van der Waals surface area (Å²) in [6, 6.07) is 15.9. The third-order valence-electron chi connectivity index (χ3n) is 4.66. The lowest BCUT2D eigenvalue weighted by Gasteiger charge is -2.29. The van der Waals surface area contributed by atoms with E-state index in [4.69, 9.17) is 4.74 Å². The van der Waals surface area contributed by atoms with Crippen LogP contribution in [0.3, 0.4) is 0 Å². The predicted octanol–water partition coefficient (Wildman–Crippen LogP) is 3.23. The first-order valence-corrected chi connectivity index (χ1v) is 9.40. The van der Waals surface area contributed by atoms with Crippen LogP contribution in [0.25, 0.3) is 0 Å². The molecule has 2 heterocycles. The summed E-state index contributed by atoms with van der Waals surface area (Å²) >= 11 is 1.52. The first-order valence-electron chi connectivity index (χ1n) is 8.52. The van der Waals surface area contributed by atoms with Crippen LogP contribution < -0.4 is 4.90 Å². The molecule has 0 radical (unpaired) electrons. The Hall–Kier alpha value is -2.27. The molecule has 128 valence electrons. The summed E-state index contributed by atoms with van der Waals surface area (Å²) in [4.78, 5) is 27.7. The van der Waals surface area contributed by atoms with Crippen LogP contribution >= 0.6 is 11.8 Å². The lowest BCUT2D eigenvalue weighted by atomic mass is 10.0. The van der Waals surface area contributed by atoms with Gasteiger partial charge in [-0.3, -0.25) is 9.59 Å². The average molecular weight is 353 g/mol. The number of nitrogens with zero attached hydrogens (tertiary/aromatic N) is 1. The summed E-state index contributed by atoms with van der Waals surface area (Å²) in [7, 11) is 0. The fraction of sp³-hybridized carbons (Fsp3) is 0.300. The molecule has 2 aliphatic rings. The highest BCUT2D eigenvalue weighted by molar-refractivity contribution is 8.01. The van der Waals surface area contributed by atoms with Crippen molar-refractivity contribution in [2.45, 2.75) is 29.4 Å². The molecule has 0 fully saturated rings. The minimum atomic E-state index is -0.306. The Morgan fingerprint density at radius 1 is 1.08 bits per heavy atom. The molecule has 2 aliphatic heterocycles. The number of para-hydroxylation sites is 1. The van der Waals surface area contributed by atoms with E-state index in [9.17, 15) is 9.59 Å². The van der Waals surface area contributed by atoms with E-state index < -0.39 is 0 Å². The second-order valence-electron chi connectivity index (χ2n) is 6.30. The summed E-state index contributed by atoms with van der Waals surface area (Å²) in [5.41, 5.74) is 3.29. The van der Waals surface area contributed by atoms with E-state index in [0.717, 1.165) is 23.4 Å². The average Bonchev–Trinajstić information content (AvgIpc) is 3.09. The maximum absolute atomic E-state index is 12.5. The molecule has 1 amide bonds. The number of ether oxygens (including phenoxy) is 1. The first-order chi connectivity index (χ1) is 12.2. The lowest BCUT2D eigenvalue weighted by molar-refractivity contribution is -0.147. The number of thioether (sulfide) groups is 1. The van der Waals surface area contributed by atoms with Gasteiger partial charge in [-0.2, -0.15) is 0 Å². The monoisotopic (exact) mass is 353 g/mol. The third-order valence-corrected chi connectivity index (χ3v) is 5.96. The van der Waals surface area contributed by atoms with Gasteiger partial charge >= 0.3 is 5.97 Å². The molecule has 0 spiro atoms. The van der Waals surface area contributed by atoms with E-state index in [2.05, 4.69) is 0 Å². The van der Waals surface area contributed by atoms with Crippen molar-refractivity contribution in [3.63, 3.8) is 0 Å². The number of anilines is 1. The zero-order valence-corrected chi connectivity index (χ0v) is 14.6. The van der Waals surface area contributed by atoms with Gasteiger partial charge in [-0.1, -0.05) is 36.4 Å². The van der Waals surface area contributed by atoms with Crippen LogP contribution in [-0.4, -0.2) is 30.3 Å². The summed E-state index contributed by atoms with van der Waals surface area (Å²) in [5.74, 6) is -0.458. The number of rotatable bonds is 3. The van der Waals surface area contributed by atoms with E-state index in [-0.39, 0.29) is 23.7 Å². The number of esters is 1. The second kappa shape index (κ2) is 6.92. The lowest BCUT2D eigenvalue weighted by Crippen LogP contribution is -2.39. The number of benzene rings is 2. The van der Waals surface area contributed by atoms with Gasteiger partial charge in [-0.15, -0.1) is 11.8 Å². The molecular weight excluding hydrogens is 334 g/mol. The number of fused-ring (bicyclic) bond motifs is 2. The maximum atomic E-state index is 12.5. The van der Waals surface area contributed by atoms with Gasteiger partial charge in [0.25, 0.3) is 5.91 Å². The van der Waals surface area contributed by atoms with Crippen molar-refractivity contribution in [2.75, 3.05) is 18.1 Å². The Morgan fingerprint density at radius 2 is 1.84 bits per heavy atom. The van der Waals surface area contributed by atoms with Crippen molar-refractivity contribution in [1.29, 1.82) is 0 Å². The van der Waals surface area contributed by atoms with Crippen molar-refractivity contribution in [2.24, 2.45) is 0 Å². The molecule has 0 saturated heterocycles. The van der Waals surface area contributed by atoms with E-state index in [0.29, 0.717) is 13.0 Å². The SMILES string of the molecule is O=C(OCC(=O)N1CCCc2ccccc21)C1Cc2ccccc2S1. The van der Waals surface area contributed by atoms with Crippen molar-refractivity contribution in [3.8, 4) is 0 Å². The molecule has 2 aromatic carbocycles. The van der Waals surface area contributed by atoms with E-state index >= 15 is 0 Å². The normalized spacial score (nSPS) is 18.4. The van der Waals surface area contributed by atoms with E-state index in [1.807, 2.05) is 48.5 Å². The number of carbonyl (C=O) groups is 2. The van der Waals surface area contributed by atoms with Crippen LogP contribution in [0.1, 0.15) is 17.5 Å². The molecule has 0 N–H and O–H groups in total. The summed E-state index contributed by atoms with van der Waals surface area (Å²) in [6.45, 7) is 0.484. The molecule has 2 aromatic rings. The Morgan fingerprint density at radius 3 is 2.68 bits per heavy atom. The van der Waals surface area contributed by atoms with Crippen molar-refractivity contribution in [1.82, 2.24) is 0 Å². The molecule has 0 saturated carbocycles. The molecule has 1 atom stereocenters. The minimum Gasteiger partial charge on any atom is -0.455 e. The maximum Gasteiger partial charge on any atom is 0.320 e. The van der Waals surface area contributed by atoms with Crippen LogP contribution in [0.5, 0.6) is 0 Å². The Bertz CT molecular complexity index is 795. The largest absolute Gasteiger partial charge is 0.455 e. The van der Waals surface area contributed by atoms with Gasteiger partial charge < -0.3 is 9.64 Å². The standard InChI is InChI=1S/C20H19NO3S/c22-19(21-11-5-8-14-6-1-3-9-16(14)21)13-24-20(23)18-12-15-7-2-4-10-17(15)25-18/h1-4,6-7,9-10,18H,5,8,11-13H2. The number of aryl methyl sites for hydroxylation is 1. The Kier molecular flexibility index (Phi) is 4.49. The van der Waals surface area contributed by atoms with Crippen molar-refractivity contribution < 1.29 is 14.3 Å². The Labute approximate surface area is 151 Å². The predicted molar refractivity (Wildman–Crippen MR) is 97.9 cm³/mol. The van der Waals surface area contributed by atoms with Gasteiger partial charge in [-0.05, 0) is 42.5 Å². The van der Waals surface area contributed by atoms with Crippen LogP contribution in [0, 0.1) is 0 Å². The molecule has 1 unspecified atom stereocenters. The molecule has 0 aliphatic carbocycles. The fourth-order valence-corrected chi connectivity index (χ4v) is 4.60. The molecule has 5 heteroatoms. The highest BCUT2D eigenvalue weighted by Crippen LogP contribution is 2.37. The number of amides is 1. The summed E-state index contributed by atoms with van der Waals surface area (Å²) < 4.78 is 5.34. The van der Waals surface area contributed by atoms with Gasteiger partial charge in [0.05, 0.1) is 0 Å². The quantitative estimate of drug-likeness (QED) is 0.795. The number of hydrogen-bond acceptors (Lipinski definition) is 4. The fourth-order valence-electron chi connectivity index (χ4n) is 3.41. The summed E-state index contributed by atoms with van der Waals surface area (Å²) in [6.07, 6.45) is 2.58. The molecular formula is C20H19NO3S. The number of carbonyl (C=O) groups excluding carboxylic acids is 2. The van der Waals surface area contributed by atoms with Crippen LogP contribution in [0.4, 0.5) is 5.69 Å². The molecule has 0 aromatic heterocycles. The first kappa shape index (κ1) is 16.2. The van der Waals surface area contributed by atoms with Crippen molar-refractivity contribution >= 4 is 29.3 Å². The topological polar surface area (TPSA) is 46.6 Å². The summed E-state index contributed by atoms with van der Waals surface area (Å²) in [5, 5.41) is -0.251. The van der Waals surface area contributed by atoms with Crippen molar-refractivity contribution in [3.05, 3.63) is 59.7 Å². The molecule has 0 bridgehead atoms.